The third kappa shape index (κ3) is 4.79. The predicted octanol–water partition coefficient (Wildman–Crippen LogP) is 2.64. The molecule has 1 fully saturated rings. The lowest BCUT2D eigenvalue weighted by Crippen LogP contribution is -2.44. The molecule has 3 rings (SSSR count). The second-order valence-corrected chi connectivity index (χ2v) is 8.16. The molecule has 2 heterocycles. The highest BCUT2D eigenvalue weighted by Crippen LogP contribution is 2.29. The van der Waals surface area contributed by atoms with Crippen LogP contribution in [0.2, 0.25) is 0 Å². The molecule has 29 heavy (non-hydrogen) atoms. The van der Waals surface area contributed by atoms with Gasteiger partial charge in [0.2, 0.25) is 10.0 Å². The summed E-state index contributed by atoms with van der Waals surface area (Å²) in [5.41, 5.74) is -1.53. The first-order valence-electron chi connectivity index (χ1n) is 8.39. The smallest absolute Gasteiger partial charge is 0.433 e. The molecule has 0 N–H and O–H groups in total. The maximum absolute atomic E-state index is 12.8. The molecule has 1 saturated heterocycles. The predicted molar refractivity (Wildman–Crippen MR) is 92.5 cm³/mol. The monoisotopic (exact) mass is 432 g/mol. The summed E-state index contributed by atoms with van der Waals surface area (Å²) in [6.45, 7) is -0.00103. The number of benzene rings is 1. The molecule has 0 spiro atoms. The highest BCUT2D eigenvalue weighted by molar-refractivity contribution is 7.89. The third-order valence-electron chi connectivity index (χ3n) is 4.20. The van der Waals surface area contributed by atoms with Crippen molar-refractivity contribution in [2.24, 2.45) is 0 Å². The number of nitro groups is 1. The fraction of sp³-hybridized carbons (Fsp3) is 0.375. The quantitative estimate of drug-likeness (QED) is 0.527. The largest absolute Gasteiger partial charge is 0.459 e. The number of hydrogen-bond acceptors (Lipinski definition) is 7. The van der Waals surface area contributed by atoms with Gasteiger partial charge in [0.1, 0.15) is 6.10 Å². The van der Waals surface area contributed by atoms with Crippen LogP contribution in [0.3, 0.4) is 0 Å². The Morgan fingerprint density at radius 3 is 2.72 bits per heavy atom. The number of ether oxygens (including phenoxy) is 1. The molecule has 1 atom stereocenters. The van der Waals surface area contributed by atoms with E-state index in [0.29, 0.717) is 18.9 Å². The van der Waals surface area contributed by atoms with E-state index in [1.54, 1.807) is 0 Å². The number of nitro benzene ring substituents is 1. The topological polar surface area (TPSA) is 116 Å². The van der Waals surface area contributed by atoms with Crippen LogP contribution in [-0.2, 0) is 16.2 Å². The van der Waals surface area contributed by atoms with Gasteiger partial charge in [0.25, 0.3) is 5.69 Å². The molecule has 1 aromatic heterocycles. The first-order chi connectivity index (χ1) is 13.6. The van der Waals surface area contributed by atoms with E-state index >= 15 is 0 Å². The number of hydrogen-bond donors (Lipinski definition) is 0. The van der Waals surface area contributed by atoms with E-state index in [1.807, 2.05) is 0 Å². The van der Waals surface area contributed by atoms with Gasteiger partial charge in [0, 0.05) is 24.9 Å². The van der Waals surface area contributed by atoms with Crippen molar-refractivity contribution in [2.75, 3.05) is 13.1 Å². The summed E-state index contributed by atoms with van der Waals surface area (Å²) in [7, 11) is -4.05. The minimum atomic E-state index is -4.66. The van der Waals surface area contributed by atoms with Gasteiger partial charge >= 0.3 is 12.2 Å². The van der Waals surface area contributed by atoms with Gasteiger partial charge in [-0.25, -0.2) is 13.4 Å². The van der Waals surface area contributed by atoms with E-state index in [-0.39, 0.29) is 23.7 Å². The van der Waals surface area contributed by atoms with Crippen LogP contribution in [0, 0.1) is 10.1 Å². The highest BCUT2D eigenvalue weighted by atomic mass is 32.2. The molecule has 0 saturated carbocycles. The van der Waals surface area contributed by atoms with E-state index in [0.717, 1.165) is 16.6 Å². The molecule has 9 nitrogen and oxygen atoms in total. The van der Waals surface area contributed by atoms with Gasteiger partial charge in [-0.3, -0.25) is 10.1 Å². The lowest BCUT2D eigenvalue weighted by atomic mass is 10.1. The number of piperidine rings is 1. The van der Waals surface area contributed by atoms with E-state index in [4.69, 9.17) is 4.74 Å². The number of nitrogens with zero attached hydrogens (tertiary/aromatic N) is 4. The minimum absolute atomic E-state index is 0.147. The molecule has 1 aromatic carbocycles. The maximum Gasteiger partial charge on any atom is 0.433 e. The van der Waals surface area contributed by atoms with Crippen molar-refractivity contribution in [1.29, 1.82) is 0 Å². The molecule has 156 valence electrons. The van der Waals surface area contributed by atoms with Crippen molar-refractivity contribution in [1.82, 2.24) is 14.3 Å². The standard InChI is InChI=1S/C16H15F3N4O5S/c17-16(18,19)14-6-7-20-15(21-14)28-12-4-2-8-22(10-12)29(26,27)13-5-1-3-11(9-13)23(24)25/h1,3,5-7,9,12H,2,4,8,10H2. The molecule has 0 amide bonds. The van der Waals surface area contributed by atoms with Gasteiger partial charge in [-0.15, -0.1) is 0 Å². The Morgan fingerprint density at radius 1 is 1.28 bits per heavy atom. The molecule has 13 heteroatoms. The second kappa shape index (κ2) is 7.91. The molecule has 2 aromatic rings. The Labute approximate surface area is 163 Å². The second-order valence-electron chi connectivity index (χ2n) is 6.22. The van der Waals surface area contributed by atoms with Crippen molar-refractivity contribution in [3.8, 4) is 6.01 Å². The van der Waals surface area contributed by atoms with Crippen LogP contribution in [0.25, 0.3) is 0 Å². The lowest BCUT2D eigenvalue weighted by Gasteiger charge is -2.31. The Hall–Kier alpha value is -2.80. The van der Waals surface area contributed by atoms with Gasteiger partial charge in [-0.2, -0.15) is 22.5 Å². The van der Waals surface area contributed by atoms with E-state index in [1.165, 1.54) is 18.2 Å². The van der Waals surface area contributed by atoms with Crippen molar-refractivity contribution in [2.45, 2.75) is 30.0 Å². The maximum atomic E-state index is 12.8. The van der Waals surface area contributed by atoms with Crippen molar-refractivity contribution in [3.05, 3.63) is 52.3 Å². The first kappa shape index (κ1) is 20.9. The van der Waals surface area contributed by atoms with Crippen LogP contribution >= 0.6 is 0 Å². The number of sulfonamides is 1. The summed E-state index contributed by atoms with van der Waals surface area (Å²) in [6, 6.07) is 4.83. The molecule has 1 aliphatic rings. The zero-order chi connectivity index (χ0) is 21.2. The summed E-state index contributed by atoms with van der Waals surface area (Å²) < 4.78 is 70.4. The van der Waals surface area contributed by atoms with Crippen molar-refractivity contribution in [3.63, 3.8) is 0 Å². The Bertz CT molecular complexity index is 1020. The van der Waals surface area contributed by atoms with E-state index in [2.05, 4.69) is 9.97 Å². The fourth-order valence-corrected chi connectivity index (χ4v) is 4.38. The average Bonchev–Trinajstić information content (AvgIpc) is 2.68. The third-order valence-corrected chi connectivity index (χ3v) is 6.06. The van der Waals surface area contributed by atoms with E-state index in [9.17, 15) is 31.7 Å². The zero-order valence-electron chi connectivity index (χ0n) is 14.7. The molecule has 1 aliphatic heterocycles. The minimum Gasteiger partial charge on any atom is -0.459 e. The highest BCUT2D eigenvalue weighted by Gasteiger charge is 2.35. The average molecular weight is 432 g/mol. The number of rotatable bonds is 5. The number of aromatic nitrogens is 2. The van der Waals surface area contributed by atoms with Crippen molar-refractivity contribution < 1.29 is 31.2 Å². The van der Waals surface area contributed by atoms with Gasteiger partial charge in [0.05, 0.1) is 16.4 Å². The first-order valence-corrected chi connectivity index (χ1v) is 9.83. The van der Waals surface area contributed by atoms with Crippen LogP contribution in [0.15, 0.2) is 41.4 Å². The van der Waals surface area contributed by atoms with Crippen LogP contribution in [-0.4, -0.2) is 46.8 Å². The zero-order valence-corrected chi connectivity index (χ0v) is 15.6. The number of halogens is 3. The van der Waals surface area contributed by atoms with Crippen molar-refractivity contribution >= 4 is 15.7 Å². The lowest BCUT2D eigenvalue weighted by molar-refractivity contribution is -0.385. The molecule has 1 unspecified atom stereocenters. The number of alkyl halides is 3. The Balaban J connectivity index is 1.77. The normalized spacial score (nSPS) is 18.4. The summed E-state index contributed by atoms with van der Waals surface area (Å²) in [4.78, 5) is 16.9. The Morgan fingerprint density at radius 2 is 2.03 bits per heavy atom. The SMILES string of the molecule is O=[N+]([O-])c1cccc(S(=O)(=O)N2CCCC(Oc3nccc(C(F)(F)F)n3)C2)c1. The van der Waals surface area contributed by atoms with Gasteiger partial charge in [-0.05, 0) is 25.0 Å². The Kier molecular flexibility index (Phi) is 5.71. The summed E-state index contributed by atoms with van der Waals surface area (Å²) in [5.74, 6) is 0. The summed E-state index contributed by atoms with van der Waals surface area (Å²) in [5, 5.41) is 10.9. The molecule has 0 radical (unpaired) electrons. The van der Waals surface area contributed by atoms with Crippen LogP contribution < -0.4 is 4.74 Å². The molecular weight excluding hydrogens is 417 g/mol. The van der Waals surface area contributed by atoms with E-state index < -0.39 is 38.9 Å². The molecule has 0 aliphatic carbocycles. The van der Waals surface area contributed by atoms with Crippen LogP contribution in [0.1, 0.15) is 18.5 Å². The van der Waals surface area contributed by atoms with Gasteiger partial charge < -0.3 is 4.74 Å². The van der Waals surface area contributed by atoms with Gasteiger partial charge in [0.15, 0.2) is 5.69 Å². The van der Waals surface area contributed by atoms with Crippen LogP contribution in [0.4, 0.5) is 18.9 Å². The van der Waals surface area contributed by atoms with Gasteiger partial charge in [-0.1, -0.05) is 6.07 Å². The fourth-order valence-electron chi connectivity index (χ4n) is 2.83. The number of non-ortho nitro benzene ring substituents is 1. The molecule has 0 bridgehead atoms. The molecular formula is C16H15F3N4O5S. The van der Waals surface area contributed by atoms with Crippen LogP contribution in [0.5, 0.6) is 6.01 Å². The summed E-state index contributed by atoms with van der Waals surface area (Å²) in [6.07, 6.45) is -3.74. The summed E-state index contributed by atoms with van der Waals surface area (Å²) >= 11 is 0.